The summed E-state index contributed by atoms with van der Waals surface area (Å²) in [5, 5.41) is 8.94. The molecule has 0 aromatic heterocycles. The Labute approximate surface area is 123 Å². The van der Waals surface area contributed by atoms with E-state index in [1.54, 1.807) is 6.07 Å². The van der Waals surface area contributed by atoms with E-state index in [-0.39, 0.29) is 17.1 Å². The van der Waals surface area contributed by atoms with E-state index in [9.17, 15) is 18.0 Å². The van der Waals surface area contributed by atoms with Crippen LogP contribution in [0.25, 0.3) is 11.1 Å². The van der Waals surface area contributed by atoms with Crippen LogP contribution in [0.5, 0.6) is 11.5 Å². The van der Waals surface area contributed by atoms with Crippen molar-refractivity contribution in [2.75, 3.05) is 7.11 Å². The predicted molar refractivity (Wildman–Crippen MR) is 72.1 cm³/mol. The first-order valence-electron chi connectivity index (χ1n) is 6.07. The fraction of sp³-hybridized carbons (Fsp3) is 0.133. The van der Waals surface area contributed by atoms with Crippen molar-refractivity contribution >= 4 is 5.97 Å². The molecule has 0 amide bonds. The van der Waals surface area contributed by atoms with Gasteiger partial charge in [0.25, 0.3) is 0 Å². The van der Waals surface area contributed by atoms with Gasteiger partial charge in [0.1, 0.15) is 11.5 Å². The summed E-state index contributed by atoms with van der Waals surface area (Å²) in [5.74, 6) is -1.25. The number of aromatic carboxylic acids is 1. The van der Waals surface area contributed by atoms with E-state index < -0.39 is 12.3 Å². The van der Waals surface area contributed by atoms with Gasteiger partial charge in [-0.25, -0.2) is 4.79 Å². The van der Waals surface area contributed by atoms with E-state index in [0.717, 1.165) is 0 Å². The fourth-order valence-corrected chi connectivity index (χ4v) is 1.92. The van der Waals surface area contributed by atoms with Gasteiger partial charge in [0, 0.05) is 5.56 Å². The van der Waals surface area contributed by atoms with Crippen LogP contribution >= 0.6 is 0 Å². The number of carboxylic acids is 1. The lowest BCUT2D eigenvalue weighted by atomic mass is 10.0. The standard InChI is InChI=1S/C15H11F3O4/c1-21-13-8-10(14(19)20)5-6-12(13)9-3-2-4-11(7-9)22-15(16,17)18/h2-8H,1H3,(H,19,20). The third-order valence-corrected chi connectivity index (χ3v) is 2.83. The van der Waals surface area contributed by atoms with E-state index >= 15 is 0 Å². The lowest BCUT2D eigenvalue weighted by Gasteiger charge is -2.12. The highest BCUT2D eigenvalue weighted by atomic mass is 19.4. The minimum Gasteiger partial charge on any atom is -0.496 e. The van der Waals surface area contributed by atoms with E-state index in [2.05, 4.69) is 4.74 Å². The smallest absolute Gasteiger partial charge is 0.496 e. The first-order valence-corrected chi connectivity index (χ1v) is 6.07. The summed E-state index contributed by atoms with van der Waals surface area (Å²) < 4.78 is 45.7. The molecule has 0 heterocycles. The number of rotatable bonds is 4. The van der Waals surface area contributed by atoms with Gasteiger partial charge in [0.2, 0.25) is 0 Å². The first-order chi connectivity index (χ1) is 10.3. The molecule has 7 heteroatoms. The van der Waals surface area contributed by atoms with Crippen molar-refractivity contribution in [1.29, 1.82) is 0 Å². The fourth-order valence-electron chi connectivity index (χ4n) is 1.92. The summed E-state index contributed by atoms with van der Waals surface area (Å²) >= 11 is 0. The highest BCUT2D eigenvalue weighted by Gasteiger charge is 2.31. The van der Waals surface area contributed by atoms with E-state index in [0.29, 0.717) is 11.1 Å². The lowest BCUT2D eigenvalue weighted by molar-refractivity contribution is -0.274. The van der Waals surface area contributed by atoms with Gasteiger partial charge in [0.15, 0.2) is 0 Å². The van der Waals surface area contributed by atoms with Crippen molar-refractivity contribution < 1.29 is 32.5 Å². The monoisotopic (exact) mass is 312 g/mol. The molecule has 0 radical (unpaired) electrons. The molecule has 0 fully saturated rings. The Morgan fingerprint density at radius 2 is 1.86 bits per heavy atom. The van der Waals surface area contributed by atoms with Crippen molar-refractivity contribution in [3.63, 3.8) is 0 Å². The van der Waals surface area contributed by atoms with Crippen LogP contribution in [0, 0.1) is 0 Å². The number of carbonyl (C=O) groups is 1. The zero-order valence-electron chi connectivity index (χ0n) is 11.3. The highest BCUT2D eigenvalue weighted by Crippen LogP contribution is 2.34. The SMILES string of the molecule is COc1cc(C(=O)O)ccc1-c1cccc(OC(F)(F)F)c1. The topological polar surface area (TPSA) is 55.8 Å². The highest BCUT2D eigenvalue weighted by molar-refractivity contribution is 5.89. The van der Waals surface area contributed by atoms with Gasteiger partial charge in [-0.05, 0) is 35.9 Å². The molecule has 0 spiro atoms. The molecule has 0 unspecified atom stereocenters. The third-order valence-electron chi connectivity index (χ3n) is 2.83. The number of ether oxygens (including phenoxy) is 2. The number of hydrogen-bond donors (Lipinski definition) is 1. The van der Waals surface area contributed by atoms with Crippen LogP contribution in [0.15, 0.2) is 42.5 Å². The van der Waals surface area contributed by atoms with Crippen LogP contribution in [0.2, 0.25) is 0 Å². The Balaban J connectivity index is 2.43. The Bertz CT molecular complexity index is 695. The van der Waals surface area contributed by atoms with Gasteiger partial charge < -0.3 is 14.6 Å². The van der Waals surface area contributed by atoms with E-state index in [1.165, 1.54) is 43.5 Å². The van der Waals surface area contributed by atoms with E-state index in [4.69, 9.17) is 9.84 Å². The molecule has 0 aliphatic carbocycles. The molecule has 22 heavy (non-hydrogen) atoms. The molecular formula is C15H11F3O4. The predicted octanol–water partition coefficient (Wildman–Crippen LogP) is 3.96. The van der Waals surface area contributed by atoms with Crippen LogP contribution in [-0.2, 0) is 0 Å². The van der Waals surface area contributed by atoms with Gasteiger partial charge in [-0.2, -0.15) is 0 Å². The maximum absolute atomic E-state index is 12.3. The molecule has 4 nitrogen and oxygen atoms in total. The summed E-state index contributed by atoms with van der Waals surface area (Å²) in [6, 6.07) is 9.46. The van der Waals surface area contributed by atoms with Gasteiger partial charge >= 0.3 is 12.3 Å². The maximum atomic E-state index is 12.3. The molecule has 2 aromatic carbocycles. The zero-order valence-corrected chi connectivity index (χ0v) is 11.3. The molecular weight excluding hydrogens is 301 g/mol. The van der Waals surface area contributed by atoms with Crippen molar-refractivity contribution in [1.82, 2.24) is 0 Å². The normalized spacial score (nSPS) is 11.1. The molecule has 2 rings (SSSR count). The molecule has 0 saturated carbocycles. The number of halogens is 3. The summed E-state index contributed by atoms with van der Waals surface area (Å²) in [6.45, 7) is 0. The number of carboxylic acid groups (broad SMARTS) is 1. The molecule has 2 aromatic rings. The Hall–Kier alpha value is -2.70. The summed E-state index contributed by atoms with van der Waals surface area (Å²) in [7, 11) is 1.35. The number of benzene rings is 2. The van der Waals surface area contributed by atoms with Crippen molar-refractivity contribution in [2.45, 2.75) is 6.36 Å². The average Bonchev–Trinajstić information content (AvgIpc) is 2.45. The molecule has 0 bridgehead atoms. The quantitative estimate of drug-likeness (QED) is 0.928. The largest absolute Gasteiger partial charge is 0.573 e. The summed E-state index contributed by atoms with van der Waals surface area (Å²) in [5.41, 5.74) is 0.888. The molecule has 0 saturated heterocycles. The van der Waals surface area contributed by atoms with Crippen LogP contribution in [0.4, 0.5) is 13.2 Å². The molecule has 0 aliphatic heterocycles. The molecule has 0 atom stereocenters. The van der Waals surface area contributed by atoms with Crippen molar-refractivity contribution in [2.24, 2.45) is 0 Å². The second-order valence-electron chi connectivity index (χ2n) is 4.30. The summed E-state index contributed by atoms with van der Waals surface area (Å²) in [4.78, 5) is 10.9. The lowest BCUT2D eigenvalue weighted by Crippen LogP contribution is -2.17. The van der Waals surface area contributed by atoms with Crippen molar-refractivity contribution in [3.8, 4) is 22.6 Å². The second-order valence-corrected chi connectivity index (χ2v) is 4.30. The van der Waals surface area contributed by atoms with Gasteiger partial charge in [-0.15, -0.1) is 13.2 Å². The molecule has 1 N–H and O–H groups in total. The van der Waals surface area contributed by atoms with Crippen LogP contribution in [0.1, 0.15) is 10.4 Å². The molecule has 0 aliphatic rings. The van der Waals surface area contributed by atoms with Crippen LogP contribution < -0.4 is 9.47 Å². The van der Waals surface area contributed by atoms with E-state index in [1.807, 2.05) is 0 Å². The van der Waals surface area contributed by atoms with Gasteiger partial charge in [0.05, 0.1) is 12.7 Å². The Kier molecular flexibility index (Phi) is 4.25. The van der Waals surface area contributed by atoms with Crippen molar-refractivity contribution in [3.05, 3.63) is 48.0 Å². The number of methoxy groups -OCH3 is 1. The second kappa shape index (κ2) is 5.97. The van der Waals surface area contributed by atoms with Gasteiger partial charge in [-0.3, -0.25) is 0 Å². The number of alkyl halides is 3. The van der Waals surface area contributed by atoms with Crippen LogP contribution in [0.3, 0.4) is 0 Å². The summed E-state index contributed by atoms with van der Waals surface area (Å²) in [6.07, 6.45) is -4.78. The minimum atomic E-state index is -4.78. The third kappa shape index (κ3) is 3.69. The minimum absolute atomic E-state index is 0.0169. The zero-order chi connectivity index (χ0) is 16.3. The Morgan fingerprint density at radius 1 is 1.14 bits per heavy atom. The maximum Gasteiger partial charge on any atom is 0.573 e. The molecule has 116 valence electrons. The number of hydrogen-bond acceptors (Lipinski definition) is 3. The Morgan fingerprint density at radius 3 is 2.45 bits per heavy atom. The first kappa shape index (κ1) is 15.7. The van der Waals surface area contributed by atoms with Gasteiger partial charge in [-0.1, -0.05) is 12.1 Å². The average molecular weight is 312 g/mol. The van der Waals surface area contributed by atoms with Crippen LogP contribution in [-0.4, -0.2) is 24.5 Å².